The lowest BCUT2D eigenvalue weighted by atomic mass is 10.1. The molecule has 0 radical (unpaired) electrons. The molecule has 0 saturated carbocycles. The third kappa shape index (κ3) is 3.55. The summed E-state index contributed by atoms with van der Waals surface area (Å²) >= 11 is 0. The summed E-state index contributed by atoms with van der Waals surface area (Å²) < 4.78 is 18.5. The average molecular weight is 254 g/mol. The number of Topliss-reactive ketones (excluding diaryl/α,β-unsaturated/α-hetero) is 1. The van der Waals surface area contributed by atoms with Crippen LogP contribution in [-0.4, -0.2) is 23.0 Å². The highest BCUT2D eigenvalue weighted by Crippen LogP contribution is 2.20. The number of halogens is 1. The van der Waals surface area contributed by atoms with Crippen molar-refractivity contribution in [2.75, 3.05) is 0 Å². The first-order chi connectivity index (χ1) is 8.45. The largest absolute Gasteiger partial charge is 0.479 e. The summed E-state index contributed by atoms with van der Waals surface area (Å²) in [6.45, 7) is 3.16. The Labute approximate surface area is 104 Å². The van der Waals surface area contributed by atoms with Crippen LogP contribution in [0.25, 0.3) is 0 Å². The molecule has 18 heavy (non-hydrogen) atoms. The van der Waals surface area contributed by atoms with Gasteiger partial charge in [-0.2, -0.15) is 0 Å². The number of hydrogen-bond donors (Lipinski definition) is 1. The van der Waals surface area contributed by atoms with Gasteiger partial charge in [-0.15, -0.1) is 0 Å². The topological polar surface area (TPSA) is 63.6 Å². The minimum atomic E-state index is -1.18. The van der Waals surface area contributed by atoms with Gasteiger partial charge in [0.25, 0.3) is 0 Å². The molecule has 0 aliphatic carbocycles. The molecule has 1 N–H and O–H groups in total. The number of benzene rings is 1. The quantitative estimate of drug-likeness (QED) is 0.793. The molecular weight excluding hydrogens is 239 g/mol. The highest BCUT2D eigenvalue weighted by molar-refractivity contribution is 5.96. The molecule has 98 valence electrons. The van der Waals surface area contributed by atoms with E-state index in [1.54, 1.807) is 0 Å². The molecule has 0 aliphatic rings. The number of ketones is 1. The lowest BCUT2D eigenvalue weighted by molar-refractivity contribution is -0.144. The lowest BCUT2D eigenvalue weighted by Crippen LogP contribution is -2.23. The number of rotatable bonds is 6. The van der Waals surface area contributed by atoms with Gasteiger partial charge in [0.15, 0.2) is 23.5 Å². The Morgan fingerprint density at radius 2 is 2.11 bits per heavy atom. The Bertz CT molecular complexity index is 456. The minimum Gasteiger partial charge on any atom is -0.479 e. The van der Waals surface area contributed by atoms with Gasteiger partial charge in [-0.05, 0) is 31.5 Å². The van der Waals surface area contributed by atoms with Crippen LogP contribution in [0.4, 0.5) is 4.39 Å². The van der Waals surface area contributed by atoms with Crippen LogP contribution in [0.1, 0.15) is 37.0 Å². The third-order valence-corrected chi connectivity index (χ3v) is 2.38. The molecule has 0 aromatic heterocycles. The molecule has 0 aliphatic heterocycles. The number of carboxylic acid groups (broad SMARTS) is 1. The van der Waals surface area contributed by atoms with E-state index in [9.17, 15) is 14.0 Å². The molecule has 1 aromatic carbocycles. The maximum absolute atomic E-state index is 13.6. The second-order valence-electron chi connectivity index (χ2n) is 3.92. The van der Waals surface area contributed by atoms with Crippen LogP contribution in [0.2, 0.25) is 0 Å². The normalized spacial score (nSPS) is 11.9. The summed E-state index contributed by atoms with van der Waals surface area (Å²) in [5.74, 6) is -2.22. The van der Waals surface area contributed by atoms with Crippen LogP contribution in [0.5, 0.6) is 5.75 Å². The van der Waals surface area contributed by atoms with Crippen molar-refractivity contribution >= 4 is 11.8 Å². The van der Waals surface area contributed by atoms with E-state index in [2.05, 4.69) is 0 Å². The SMILES string of the molecule is CCCC(=O)c1ccc(OC(C)C(=O)O)c(F)c1. The van der Waals surface area contributed by atoms with Crippen molar-refractivity contribution in [3.8, 4) is 5.75 Å². The fourth-order valence-electron chi connectivity index (χ4n) is 1.38. The van der Waals surface area contributed by atoms with Gasteiger partial charge in [0.1, 0.15) is 0 Å². The molecule has 1 atom stereocenters. The molecule has 0 bridgehead atoms. The minimum absolute atomic E-state index is 0.144. The van der Waals surface area contributed by atoms with E-state index < -0.39 is 17.9 Å². The first-order valence-corrected chi connectivity index (χ1v) is 5.68. The zero-order chi connectivity index (χ0) is 13.7. The number of hydrogen-bond acceptors (Lipinski definition) is 3. The Morgan fingerprint density at radius 1 is 1.44 bits per heavy atom. The monoisotopic (exact) mass is 254 g/mol. The van der Waals surface area contributed by atoms with Gasteiger partial charge in [0, 0.05) is 12.0 Å². The van der Waals surface area contributed by atoms with Crippen LogP contribution in [0.15, 0.2) is 18.2 Å². The molecular formula is C13H15FO4. The molecule has 4 nitrogen and oxygen atoms in total. The van der Waals surface area contributed by atoms with Crippen LogP contribution < -0.4 is 4.74 Å². The second kappa shape index (κ2) is 6.14. The van der Waals surface area contributed by atoms with Crippen molar-refractivity contribution in [3.05, 3.63) is 29.6 Å². The Hall–Kier alpha value is -1.91. The van der Waals surface area contributed by atoms with Crippen molar-refractivity contribution in [3.63, 3.8) is 0 Å². The van der Waals surface area contributed by atoms with E-state index in [-0.39, 0.29) is 17.1 Å². The zero-order valence-electron chi connectivity index (χ0n) is 10.3. The standard InChI is InChI=1S/C13H15FO4/c1-3-4-11(15)9-5-6-12(10(14)7-9)18-8(2)13(16)17/h5-8H,3-4H2,1-2H3,(H,16,17). The van der Waals surface area contributed by atoms with E-state index >= 15 is 0 Å². The molecule has 0 amide bonds. The molecule has 1 unspecified atom stereocenters. The maximum Gasteiger partial charge on any atom is 0.344 e. The van der Waals surface area contributed by atoms with Gasteiger partial charge in [-0.25, -0.2) is 9.18 Å². The Balaban J connectivity index is 2.86. The molecule has 5 heteroatoms. The summed E-state index contributed by atoms with van der Waals surface area (Å²) in [6, 6.07) is 3.78. The number of ether oxygens (including phenoxy) is 1. The number of carbonyl (C=O) groups excluding carboxylic acids is 1. The molecule has 0 saturated heterocycles. The van der Waals surface area contributed by atoms with Crippen LogP contribution in [-0.2, 0) is 4.79 Å². The van der Waals surface area contributed by atoms with Crippen LogP contribution >= 0.6 is 0 Å². The zero-order valence-corrected chi connectivity index (χ0v) is 10.3. The van der Waals surface area contributed by atoms with Gasteiger partial charge in [0.2, 0.25) is 0 Å². The first-order valence-electron chi connectivity index (χ1n) is 5.68. The van der Waals surface area contributed by atoms with Crippen molar-refractivity contribution in [1.29, 1.82) is 0 Å². The molecule has 0 spiro atoms. The van der Waals surface area contributed by atoms with Crippen LogP contribution in [0, 0.1) is 5.82 Å². The summed E-state index contributed by atoms with van der Waals surface area (Å²) in [6.07, 6.45) is -0.100. The maximum atomic E-state index is 13.6. The predicted molar refractivity (Wildman–Crippen MR) is 63.4 cm³/mol. The lowest BCUT2D eigenvalue weighted by Gasteiger charge is -2.11. The highest BCUT2D eigenvalue weighted by atomic mass is 19.1. The van der Waals surface area contributed by atoms with Gasteiger partial charge < -0.3 is 9.84 Å². The summed E-state index contributed by atoms with van der Waals surface area (Å²) in [4.78, 5) is 22.1. The van der Waals surface area contributed by atoms with E-state index in [1.165, 1.54) is 19.1 Å². The summed E-state index contributed by atoms with van der Waals surface area (Å²) in [7, 11) is 0. The van der Waals surface area contributed by atoms with Crippen molar-refractivity contribution in [2.45, 2.75) is 32.8 Å². The van der Waals surface area contributed by atoms with E-state index in [0.717, 1.165) is 6.07 Å². The van der Waals surface area contributed by atoms with Gasteiger partial charge in [0.05, 0.1) is 0 Å². The van der Waals surface area contributed by atoms with Gasteiger partial charge in [-0.3, -0.25) is 4.79 Å². The van der Waals surface area contributed by atoms with Crippen molar-refractivity contribution < 1.29 is 23.8 Å². The average Bonchev–Trinajstić information content (AvgIpc) is 2.31. The molecule has 0 fully saturated rings. The Morgan fingerprint density at radius 3 is 2.61 bits per heavy atom. The van der Waals surface area contributed by atoms with Gasteiger partial charge in [-0.1, -0.05) is 6.92 Å². The first kappa shape index (κ1) is 14.2. The summed E-state index contributed by atoms with van der Waals surface area (Å²) in [5, 5.41) is 8.65. The summed E-state index contributed by atoms with van der Waals surface area (Å²) in [5.41, 5.74) is 0.268. The van der Waals surface area contributed by atoms with Crippen molar-refractivity contribution in [2.24, 2.45) is 0 Å². The fourth-order valence-corrected chi connectivity index (χ4v) is 1.38. The highest BCUT2D eigenvalue weighted by Gasteiger charge is 2.16. The number of aliphatic carboxylic acids is 1. The predicted octanol–water partition coefficient (Wildman–Crippen LogP) is 2.66. The third-order valence-electron chi connectivity index (χ3n) is 2.38. The molecule has 1 aromatic rings. The van der Waals surface area contributed by atoms with E-state index in [4.69, 9.17) is 9.84 Å². The van der Waals surface area contributed by atoms with Crippen molar-refractivity contribution in [1.82, 2.24) is 0 Å². The smallest absolute Gasteiger partial charge is 0.344 e. The van der Waals surface area contributed by atoms with E-state index in [1.807, 2.05) is 6.92 Å². The Kier molecular flexibility index (Phi) is 4.83. The van der Waals surface area contributed by atoms with Gasteiger partial charge >= 0.3 is 5.97 Å². The second-order valence-corrected chi connectivity index (χ2v) is 3.92. The van der Waals surface area contributed by atoms with E-state index in [0.29, 0.717) is 12.8 Å². The number of carbonyl (C=O) groups is 2. The molecule has 0 heterocycles. The fraction of sp³-hybridized carbons (Fsp3) is 0.385. The number of carboxylic acids is 1. The van der Waals surface area contributed by atoms with Crippen LogP contribution in [0.3, 0.4) is 0 Å². The molecule has 1 rings (SSSR count).